The van der Waals surface area contributed by atoms with Gasteiger partial charge in [-0.1, -0.05) is 30.3 Å². The molecule has 6 heteroatoms. The van der Waals surface area contributed by atoms with Gasteiger partial charge in [0.1, 0.15) is 0 Å². The third-order valence-corrected chi connectivity index (χ3v) is 2.87. The van der Waals surface area contributed by atoms with Gasteiger partial charge in [0.05, 0.1) is 19.7 Å². The van der Waals surface area contributed by atoms with Crippen LogP contribution in [0.15, 0.2) is 30.3 Å². The topological polar surface area (TPSA) is 87.1 Å². The van der Waals surface area contributed by atoms with Gasteiger partial charge in [-0.25, -0.2) is 0 Å². The fourth-order valence-electron chi connectivity index (χ4n) is 2.03. The van der Waals surface area contributed by atoms with Crippen LogP contribution < -0.4 is 0 Å². The van der Waals surface area contributed by atoms with Crippen LogP contribution in [0.25, 0.3) is 0 Å². The molecule has 0 saturated carbocycles. The largest absolute Gasteiger partial charge is 0.480 e. The monoisotopic (exact) mass is 281 g/mol. The maximum atomic E-state index is 10.9. The SMILES string of the molecule is COC[C@H](Cc1ccccc1)N(CC(=O)O)CC(=O)O. The third kappa shape index (κ3) is 5.81. The van der Waals surface area contributed by atoms with Crippen molar-refractivity contribution < 1.29 is 24.5 Å². The second kappa shape index (κ2) is 8.29. The number of aliphatic carboxylic acids is 2. The van der Waals surface area contributed by atoms with Crippen LogP contribution in [0.1, 0.15) is 5.56 Å². The van der Waals surface area contributed by atoms with E-state index in [1.807, 2.05) is 30.3 Å². The molecule has 0 unspecified atom stereocenters. The number of carboxylic acid groups (broad SMARTS) is 2. The molecule has 0 amide bonds. The maximum Gasteiger partial charge on any atom is 0.317 e. The Morgan fingerprint density at radius 2 is 1.70 bits per heavy atom. The number of ether oxygens (including phenoxy) is 1. The lowest BCUT2D eigenvalue weighted by Gasteiger charge is -2.28. The molecule has 110 valence electrons. The summed E-state index contributed by atoms with van der Waals surface area (Å²) in [6.07, 6.45) is 0.537. The Bertz CT molecular complexity index is 418. The molecule has 0 aliphatic heterocycles. The summed E-state index contributed by atoms with van der Waals surface area (Å²) in [4.78, 5) is 23.2. The molecule has 0 radical (unpaired) electrons. The zero-order valence-corrected chi connectivity index (χ0v) is 11.4. The fourth-order valence-corrected chi connectivity index (χ4v) is 2.03. The van der Waals surface area contributed by atoms with Gasteiger partial charge in [0.15, 0.2) is 0 Å². The van der Waals surface area contributed by atoms with E-state index < -0.39 is 11.9 Å². The Balaban J connectivity index is 2.82. The summed E-state index contributed by atoms with van der Waals surface area (Å²) >= 11 is 0. The number of carboxylic acids is 2. The van der Waals surface area contributed by atoms with Crippen molar-refractivity contribution in [2.75, 3.05) is 26.8 Å². The minimum Gasteiger partial charge on any atom is -0.480 e. The van der Waals surface area contributed by atoms with E-state index in [4.69, 9.17) is 14.9 Å². The lowest BCUT2D eigenvalue weighted by molar-refractivity contribution is -0.143. The normalized spacial score (nSPS) is 12.3. The highest BCUT2D eigenvalue weighted by molar-refractivity contribution is 5.72. The number of nitrogens with zero attached hydrogens (tertiary/aromatic N) is 1. The Morgan fingerprint density at radius 1 is 1.15 bits per heavy atom. The fraction of sp³-hybridized carbons (Fsp3) is 0.429. The van der Waals surface area contributed by atoms with Crippen LogP contribution in [0.2, 0.25) is 0 Å². The molecule has 6 nitrogen and oxygen atoms in total. The predicted octanol–water partition coefficient (Wildman–Crippen LogP) is 0.715. The highest BCUT2D eigenvalue weighted by Crippen LogP contribution is 2.10. The smallest absolute Gasteiger partial charge is 0.317 e. The predicted molar refractivity (Wildman–Crippen MR) is 72.7 cm³/mol. The van der Waals surface area contributed by atoms with E-state index in [0.717, 1.165) is 5.56 Å². The molecular formula is C14H19NO5. The first-order valence-corrected chi connectivity index (χ1v) is 6.23. The van der Waals surface area contributed by atoms with E-state index in [9.17, 15) is 9.59 Å². The van der Waals surface area contributed by atoms with Gasteiger partial charge in [-0.3, -0.25) is 14.5 Å². The highest BCUT2D eigenvalue weighted by Gasteiger charge is 2.23. The molecule has 2 N–H and O–H groups in total. The molecule has 0 spiro atoms. The van der Waals surface area contributed by atoms with Crippen LogP contribution >= 0.6 is 0 Å². The van der Waals surface area contributed by atoms with Gasteiger partial charge in [-0.2, -0.15) is 0 Å². The van der Waals surface area contributed by atoms with Crippen molar-refractivity contribution in [1.29, 1.82) is 0 Å². The molecule has 0 aliphatic carbocycles. The molecule has 1 aromatic rings. The van der Waals surface area contributed by atoms with Crippen LogP contribution in [-0.4, -0.2) is 59.9 Å². The van der Waals surface area contributed by atoms with Gasteiger partial charge in [0.2, 0.25) is 0 Å². The van der Waals surface area contributed by atoms with Gasteiger partial charge in [-0.05, 0) is 12.0 Å². The van der Waals surface area contributed by atoms with Crippen LogP contribution in [0.3, 0.4) is 0 Å². The summed E-state index contributed by atoms with van der Waals surface area (Å²) in [6, 6.07) is 9.21. The minimum atomic E-state index is -1.06. The molecule has 0 bridgehead atoms. The average Bonchev–Trinajstić information content (AvgIpc) is 2.37. The highest BCUT2D eigenvalue weighted by atomic mass is 16.5. The van der Waals surface area contributed by atoms with Crippen LogP contribution in [0.5, 0.6) is 0 Å². The first kappa shape index (κ1) is 16.1. The number of hydrogen-bond donors (Lipinski definition) is 2. The molecule has 1 atom stereocenters. The molecule has 0 heterocycles. The lowest BCUT2D eigenvalue weighted by Crippen LogP contribution is -2.45. The molecule has 0 fully saturated rings. The zero-order valence-electron chi connectivity index (χ0n) is 11.4. The van der Waals surface area contributed by atoms with Gasteiger partial charge in [0.25, 0.3) is 0 Å². The number of hydrogen-bond acceptors (Lipinski definition) is 4. The van der Waals surface area contributed by atoms with Crippen molar-refractivity contribution in [2.24, 2.45) is 0 Å². The van der Waals surface area contributed by atoms with Crippen molar-refractivity contribution >= 4 is 11.9 Å². The lowest BCUT2D eigenvalue weighted by atomic mass is 10.0. The molecule has 0 aromatic heterocycles. The number of rotatable bonds is 9. The quantitative estimate of drug-likeness (QED) is 0.693. The molecule has 0 aliphatic rings. The van der Waals surface area contributed by atoms with Crippen molar-refractivity contribution in [3.63, 3.8) is 0 Å². The van der Waals surface area contributed by atoms with E-state index >= 15 is 0 Å². The average molecular weight is 281 g/mol. The molecule has 0 saturated heterocycles. The molecule has 20 heavy (non-hydrogen) atoms. The Hall–Kier alpha value is -1.92. The van der Waals surface area contributed by atoms with Crippen molar-refractivity contribution in [2.45, 2.75) is 12.5 Å². The van der Waals surface area contributed by atoms with Crippen molar-refractivity contribution in [3.8, 4) is 0 Å². The third-order valence-electron chi connectivity index (χ3n) is 2.87. The van der Waals surface area contributed by atoms with Crippen LogP contribution in [0, 0.1) is 0 Å². The number of carbonyl (C=O) groups is 2. The summed E-state index contributed by atoms with van der Waals surface area (Å²) in [5, 5.41) is 17.8. The van der Waals surface area contributed by atoms with E-state index in [1.54, 1.807) is 0 Å². The Morgan fingerprint density at radius 3 is 2.15 bits per heavy atom. The summed E-state index contributed by atoms with van der Waals surface area (Å²) in [7, 11) is 1.51. The Labute approximate surface area is 117 Å². The molecule has 1 aromatic carbocycles. The second-order valence-corrected chi connectivity index (χ2v) is 4.49. The van der Waals surface area contributed by atoms with Crippen molar-refractivity contribution in [3.05, 3.63) is 35.9 Å². The van der Waals surface area contributed by atoms with Gasteiger partial charge in [-0.15, -0.1) is 0 Å². The van der Waals surface area contributed by atoms with Gasteiger partial charge >= 0.3 is 11.9 Å². The standard InChI is InChI=1S/C14H19NO5/c1-20-10-12(7-11-5-3-2-4-6-11)15(8-13(16)17)9-14(18)19/h2-6,12H,7-10H2,1H3,(H,16,17)(H,18,19)/t12-/m0/s1. The van der Waals surface area contributed by atoms with Gasteiger partial charge in [0, 0.05) is 13.2 Å². The number of methoxy groups -OCH3 is 1. The number of benzene rings is 1. The summed E-state index contributed by atoms with van der Waals surface area (Å²) in [5.41, 5.74) is 1.01. The van der Waals surface area contributed by atoms with Crippen LogP contribution in [-0.2, 0) is 20.7 Å². The first-order chi connectivity index (χ1) is 9.52. The van der Waals surface area contributed by atoms with E-state index in [-0.39, 0.29) is 25.7 Å². The van der Waals surface area contributed by atoms with E-state index in [1.165, 1.54) is 12.0 Å². The summed E-state index contributed by atoms with van der Waals surface area (Å²) in [5.74, 6) is -2.11. The molecule has 1 rings (SSSR count). The van der Waals surface area contributed by atoms with Crippen LogP contribution in [0.4, 0.5) is 0 Å². The molecular weight excluding hydrogens is 262 g/mol. The maximum absolute atomic E-state index is 10.9. The minimum absolute atomic E-state index is 0.273. The summed E-state index contributed by atoms with van der Waals surface area (Å²) < 4.78 is 5.09. The van der Waals surface area contributed by atoms with Crippen molar-refractivity contribution in [1.82, 2.24) is 4.90 Å². The van der Waals surface area contributed by atoms with E-state index in [2.05, 4.69) is 0 Å². The van der Waals surface area contributed by atoms with E-state index in [0.29, 0.717) is 6.42 Å². The zero-order chi connectivity index (χ0) is 15.0. The Kier molecular flexibility index (Phi) is 6.69. The second-order valence-electron chi connectivity index (χ2n) is 4.49. The first-order valence-electron chi connectivity index (χ1n) is 6.23. The van der Waals surface area contributed by atoms with Gasteiger partial charge < -0.3 is 14.9 Å². The summed E-state index contributed by atoms with van der Waals surface area (Å²) in [6.45, 7) is -0.379.